The van der Waals surface area contributed by atoms with Gasteiger partial charge >= 0.3 is 0 Å². The van der Waals surface area contributed by atoms with Gasteiger partial charge in [0.2, 0.25) is 11.7 Å². The largest absolute Gasteiger partial charge is 0.493 e. The van der Waals surface area contributed by atoms with Crippen LogP contribution in [0.3, 0.4) is 0 Å². The van der Waals surface area contributed by atoms with Crippen LogP contribution in [0.4, 0.5) is 10.1 Å². The average molecular weight is 454 g/mol. The van der Waals surface area contributed by atoms with Crippen LogP contribution >= 0.6 is 0 Å². The highest BCUT2D eigenvalue weighted by molar-refractivity contribution is 6.26. The van der Waals surface area contributed by atoms with E-state index in [1.165, 1.54) is 37.1 Å². The van der Waals surface area contributed by atoms with Gasteiger partial charge in [-0.2, -0.15) is 0 Å². The van der Waals surface area contributed by atoms with E-state index in [4.69, 9.17) is 14.2 Å². The molecule has 2 heterocycles. The summed E-state index contributed by atoms with van der Waals surface area (Å²) in [7, 11) is 1.46. The van der Waals surface area contributed by atoms with Crippen LogP contribution in [0.15, 0.2) is 42.1 Å². The molecule has 0 bridgehead atoms. The van der Waals surface area contributed by atoms with Crippen molar-refractivity contribution in [2.24, 2.45) is 0 Å². The number of carbonyl (C=O) groups excluding carboxylic acids is 3. The van der Waals surface area contributed by atoms with Crippen LogP contribution in [0.1, 0.15) is 22.8 Å². The standard InChI is InChI=1S/C24H23FN2O6/c1-15(28)27-19-5-4-17(25)13-18(19)24(30)20(27)11-16-3-6-21(22(12-16)31-2)33-14-23(29)26-7-9-32-10-8-26/h3-6,11-13H,7-10,14H2,1-2H3/b20-11-. The van der Waals surface area contributed by atoms with Crippen LogP contribution in [0.5, 0.6) is 11.5 Å². The number of nitrogens with zero attached hydrogens (tertiary/aromatic N) is 2. The van der Waals surface area contributed by atoms with E-state index in [2.05, 4.69) is 0 Å². The van der Waals surface area contributed by atoms with Gasteiger partial charge < -0.3 is 19.1 Å². The van der Waals surface area contributed by atoms with E-state index in [1.54, 1.807) is 23.1 Å². The minimum Gasteiger partial charge on any atom is -0.493 e. The molecule has 2 aliphatic heterocycles. The smallest absolute Gasteiger partial charge is 0.260 e. The first-order chi connectivity index (χ1) is 15.9. The van der Waals surface area contributed by atoms with Gasteiger partial charge in [-0.25, -0.2) is 4.39 Å². The number of benzene rings is 2. The molecule has 2 aromatic carbocycles. The molecule has 8 nitrogen and oxygen atoms in total. The molecule has 0 saturated carbocycles. The summed E-state index contributed by atoms with van der Waals surface area (Å²) in [5.41, 5.74) is 1.15. The Morgan fingerprint density at radius 2 is 1.88 bits per heavy atom. The summed E-state index contributed by atoms with van der Waals surface area (Å²) in [6, 6.07) is 8.68. The topological polar surface area (TPSA) is 85.4 Å². The fourth-order valence-corrected chi connectivity index (χ4v) is 3.82. The second-order valence-electron chi connectivity index (χ2n) is 7.57. The van der Waals surface area contributed by atoms with Crippen molar-refractivity contribution in [2.75, 3.05) is 44.9 Å². The summed E-state index contributed by atoms with van der Waals surface area (Å²) in [4.78, 5) is 40.4. The molecule has 9 heteroatoms. The Morgan fingerprint density at radius 3 is 2.58 bits per heavy atom. The Kier molecular flexibility index (Phi) is 6.41. The van der Waals surface area contributed by atoms with Crippen molar-refractivity contribution >= 4 is 29.4 Å². The molecule has 172 valence electrons. The van der Waals surface area contributed by atoms with Crippen LogP contribution in [0.2, 0.25) is 0 Å². The van der Waals surface area contributed by atoms with Gasteiger partial charge in [0.15, 0.2) is 18.1 Å². The second-order valence-corrected chi connectivity index (χ2v) is 7.57. The monoisotopic (exact) mass is 454 g/mol. The lowest BCUT2D eigenvalue weighted by Gasteiger charge is -2.26. The van der Waals surface area contributed by atoms with Crippen molar-refractivity contribution in [3.8, 4) is 11.5 Å². The normalized spacial score (nSPS) is 16.7. The molecule has 0 aromatic heterocycles. The molecule has 1 fully saturated rings. The minimum atomic E-state index is -0.554. The molecule has 0 N–H and O–H groups in total. The number of amides is 2. The first kappa shape index (κ1) is 22.5. The number of halogens is 1. The van der Waals surface area contributed by atoms with Gasteiger partial charge in [0.25, 0.3) is 5.91 Å². The maximum atomic E-state index is 13.7. The number of morpholine rings is 1. The number of allylic oxidation sites excluding steroid dienone is 1. The Bertz CT molecular complexity index is 1140. The Labute approximate surface area is 190 Å². The molecule has 0 atom stereocenters. The Morgan fingerprint density at radius 1 is 1.12 bits per heavy atom. The zero-order chi connectivity index (χ0) is 23.5. The van der Waals surface area contributed by atoms with Gasteiger partial charge in [-0.15, -0.1) is 0 Å². The van der Waals surface area contributed by atoms with Crippen LogP contribution in [-0.2, 0) is 14.3 Å². The van der Waals surface area contributed by atoms with E-state index in [1.807, 2.05) is 0 Å². The summed E-state index contributed by atoms with van der Waals surface area (Å²) < 4.78 is 30.0. The lowest BCUT2D eigenvalue weighted by molar-refractivity contribution is -0.137. The number of carbonyl (C=O) groups is 3. The van der Waals surface area contributed by atoms with E-state index in [9.17, 15) is 18.8 Å². The number of ketones is 1. The number of methoxy groups -OCH3 is 1. The number of hydrogen-bond donors (Lipinski definition) is 0. The van der Waals surface area contributed by atoms with Crippen LogP contribution in [-0.4, -0.2) is 62.5 Å². The molecule has 0 radical (unpaired) electrons. The van der Waals surface area contributed by atoms with Gasteiger partial charge in [-0.3, -0.25) is 19.3 Å². The van der Waals surface area contributed by atoms with Crippen molar-refractivity contribution in [3.05, 3.63) is 59.0 Å². The molecular formula is C24H23FN2O6. The SMILES string of the molecule is COc1cc(/C=C2/C(=O)c3cc(F)ccc3N2C(C)=O)ccc1OCC(=O)N1CCOCC1. The summed E-state index contributed by atoms with van der Waals surface area (Å²) in [6.45, 7) is 3.25. The maximum Gasteiger partial charge on any atom is 0.260 e. The van der Waals surface area contributed by atoms with Crippen molar-refractivity contribution in [1.29, 1.82) is 0 Å². The summed E-state index contributed by atoms with van der Waals surface area (Å²) in [5.74, 6) is -0.786. The molecule has 0 unspecified atom stereocenters. The van der Waals surface area contributed by atoms with Crippen LogP contribution in [0, 0.1) is 5.82 Å². The molecule has 2 aliphatic rings. The molecule has 0 spiro atoms. The number of fused-ring (bicyclic) bond motifs is 1. The highest BCUT2D eigenvalue weighted by Gasteiger charge is 2.35. The van der Waals surface area contributed by atoms with Gasteiger partial charge in [-0.05, 0) is 42.0 Å². The number of ether oxygens (including phenoxy) is 3. The van der Waals surface area contributed by atoms with Gasteiger partial charge in [0.1, 0.15) is 5.82 Å². The fourth-order valence-electron chi connectivity index (χ4n) is 3.82. The van der Waals surface area contributed by atoms with Crippen molar-refractivity contribution < 1.29 is 33.0 Å². The maximum absolute atomic E-state index is 13.7. The van der Waals surface area contributed by atoms with Crippen molar-refractivity contribution in [2.45, 2.75) is 6.92 Å². The first-order valence-electron chi connectivity index (χ1n) is 10.4. The molecular weight excluding hydrogens is 431 g/mol. The predicted octanol–water partition coefficient (Wildman–Crippen LogP) is 2.66. The van der Waals surface area contributed by atoms with Crippen molar-refractivity contribution in [1.82, 2.24) is 4.90 Å². The number of Topliss-reactive ketones (excluding diaryl/α,β-unsaturated/α-hetero) is 1. The van der Waals surface area contributed by atoms with Crippen LogP contribution < -0.4 is 14.4 Å². The van der Waals surface area contributed by atoms with Gasteiger partial charge in [0, 0.05) is 20.0 Å². The van der Waals surface area contributed by atoms with Crippen molar-refractivity contribution in [3.63, 3.8) is 0 Å². The van der Waals surface area contributed by atoms with Gasteiger partial charge in [0.05, 0.1) is 37.3 Å². The molecule has 4 rings (SSSR count). The minimum absolute atomic E-state index is 0.112. The second kappa shape index (κ2) is 9.41. The van der Waals surface area contributed by atoms with E-state index in [0.717, 1.165) is 6.07 Å². The average Bonchev–Trinajstić information content (AvgIpc) is 3.09. The Balaban J connectivity index is 1.56. The lowest BCUT2D eigenvalue weighted by Crippen LogP contribution is -2.43. The zero-order valence-electron chi connectivity index (χ0n) is 18.3. The fraction of sp³-hybridized carbons (Fsp3) is 0.292. The Hall–Kier alpha value is -3.72. The molecule has 33 heavy (non-hydrogen) atoms. The third kappa shape index (κ3) is 4.58. The lowest BCUT2D eigenvalue weighted by atomic mass is 10.1. The quantitative estimate of drug-likeness (QED) is 0.646. The summed E-state index contributed by atoms with van der Waals surface area (Å²) in [6.07, 6.45) is 1.53. The third-order valence-electron chi connectivity index (χ3n) is 5.44. The molecule has 2 aromatic rings. The highest BCUT2D eigenvalue weighted by Crippen LogP contribution is 2.37. The number of rotatable bonds is 5. The van der Waals surface area contributed by atoms with E-state index < -0.39 is 11.6 Å². The van der Waals surface area contributed by atoms with E-state index in [-0.39, 0.29) is 29.7 Å². The summed E-state index contributed by atoms with van der Waals surface area (Å²) >= 11 is 0. The molecule has 1 saturated heterocycles. The molecule has 2 amide bonds. The first-order valence-corrected chi connectivity index (χ1v) is 10.4. The van der Waals surface area contributed by atoms with E-state index in [0.29, 0.717) is 49.1 Å². The van der Waals surface area contributed by atoms with E-state index >= 15 is 0 Å². The zero-order valence-corrected chi connectivity index (χ0v) is 18.3. The van der Waals surface area contributed by atoms with Gasteiger partial charge in [-0.1, -0.05) is 6.07 Å². The number of hydrogen-bond acceptors (Lipinski definition) is 6. The third-order valence-corrected chi connectivity index (χ3v) is 5.44. The summed E-state index contributed by atoms with van der Waals surface area (Å²) in [5, 5.41) is 0. The van der Waals surface area contributed by atoms with Crippen LogP contribution in [0.25, 0.3) is 6.08 Å². The number of anilines is 1. The highest BCUT2D eigenvalue weighted by atomic mass is 19.1. The molecule has 0 aliphatic carbocycles. The predicted molar refractivity (Wildman–Crippen MR) is 118 cm³/mol.